The summed E-state index contributed by atoms with van der Waals surface area (Å²) in [5, 5.41) is 0. The third-order valence-electron chi connectivity index (χ3n) is 2.02. The van der Waals surface area contributed by atoms with Crippen LogP contribution in [0, 0.1) is 3.57 Å². The molecule has 5 nitrogen and oxygen atoms in total. The van der Waals surface area contributed by atoms with E-state index in [0.717, 1.165) is 6.54 Å². The maximum atomic E-state index is 11.6. The van der Waals surface area contributed by atoms with Crippen LogP contribution in [0.25, 0.3) is 0 Å². The molecule has 0 aliphatic rings. The molecule has 0 unspecified atom stereocenters. The molecule has 0 saturated carbocycles. The lowest BCUT2D eigenvalue weighted by atomic mass is 10.5. The standard InChI is InChI=1S/C9H9IN4O/c10-8-5-12-7-14(9(8)15)4-3-13-2-1-11-6-13/h1-2,5-7H,3-4H2. The zero-order chi connectivity index (χ0) is 10.7. The van der Waals surface area contributed by atoms with Crippen LogP contribution < -0.4 is 5.56 Å². The maximum absolute atomic E-state index is 11.6. The molecule has 2 heterocycles. The highest BCUT2D eigenvalue weighted by molar-refractivity contribution is 14.1. The van der Waals surface area contributed by atoms with Gasteiger partial charge in [0, 0.05) is 31.7 Å². The Balaban J connectivity index is 2.12. The molecule has 2 rings (SSSR count). The quantitative estimate of drug-likeness (QED) is 0.785. The Morgan fingerprint density at radius 1 is 1.27 bits per heavy atom. The van der Waals surface area contributed by atoms with Crippen LogP contribution in [0.1, 0.15) is 0 Å². The second kappa shape index (κ2) is 4.56. The summed E-state index contributed by atoms with van der Waals surface area (Å²) in [5.41, 5.74) is 0.00529. The van der Waals surface area contributed by atoms with Crippen molar-refractivity contribution in [2.24, 2.45) is 0 Å². The Kier molecular flexibility index (Phi) is 3.14. The summed E-state index contributed by atoms with van der Waals surface area (Å²) < 4.78 is 4.16. The van der Waals surface area contributed by atoms with Crippen molar-refractivity contribution in [2.75, 3.05) is 0 Å². The molecule has 2 aromatic heterocycles. The Bertz CT molecular complexity index is 491. The minimum atomic E-state index is 0.00529. The van der Waals surface area contributed by atoms with E-state index in [1.165, 1.54) is 0 Å². The van der Waals surface area contributed by atoms with Crippen LogP contribution in [-0.2, 0) is 13.1 Å². The third kappa shape index (κ3) is 2.44. The lowest BCUT2D eigenvalue weighted by Gasteiger charge is -2.05. The van der Waals surface area contributed by atoms with E-state index >= 15 is 0 Å². The van der Waals surface area contributed by atoms with E-state index in [0.29, 0.717) is 10.1 Å². The number of aryl methyl sites for hydroxylation is 2. The highest BCUT2D eigenvalue weighted by atomic mass is 127. The normalized spacial score (nSPS) is 10.5. The fraction of sp³-hybridized carbons (Fsp3) is 0.222. The van der Waals surface area contributed by atoms with Crippen molar-refractivity contribution in [3.05, 3.63) is 45.2 Å². The molecule has 0 spiro atoms. The predicted octanol–water partition coefficient (Wildman–Crippen LogP) is 0.745. The van der Waals surface area contributed by atoms with Gasteiger partial charge in [-0.1, -0.05) is 0 Å². The number of rotatable bonds is 3. The first-order valence-electron chi connectivity index (χ1n) is 4.43. The van der Waals surface area contributed by atoms with Gasteiger partial charge < -0.3 is 4.57 Å². The molecule has 0 N–H and O–H groups in total. The summed E-state index contributed by atoms with van der Waals surface area (Å²) in [6, 6.07) is 0. The molecule has 0 aromatic carbocycles. The van der Waals surface area contributed by atoms with Gasteiger partial charge in [0.25, 0.3) is 5.56 Å². The highest BCUT2D eigenvalue weighted by Crippen LogP contribution is 1.94. The molecule has 15 heavy (non-hydrogen) atoms. The first-order valence-corrected chi connectivity index (χ1v) is 5.51. The molecule has 6 heteroatoms. The van der Waals surface area contributed by atoms with Crippen molar-refractivity contribution < 1.29 is 0 Å². The van der Waals surface area contributed by atoms with Crippen LogP contribution in [0.4, 0.5) is 0 Å². The summed E-state index contributed by atoms with van der Waals surface area (Å²) in [5.74, 6) is 0. The first kappa shape index (κ1) is 10.3. The maximum Gasteiger partial charge on any atom is 0.266 e. The van der Waals surface area contributed by atoms with Crippen molar-refractivity contribution in [3.8, 4) is 0 Å². The summed E-state index contributed by atoms with van der Waals surface area (Å²) in [6.07, 6.45) is 8.44. The van der Waals surface area contributed by atoms with Crippen LogP contribution in [0.2, 0.25) is 0 Å². The fourth-order valence-corrected chi connectivity index (χ4v) is 1.70. The number of imidazole rings is 1. The SMILES string of the molecule is O=c1c(I)cncn1CCn1ccnc1. The van der Waals surface area contributed by atoms with Gasteiger partial charge in [-0.2, -0.15) is 0 Å². The van der Waals surface area contributed by atoms with Crippen LogP contribution >= 0.6 is 22.6 Å². The van der Waals surface area contributed by atoms with E-state index in [-0.39, 0.29) is 5.56 Å². The zero-order valence-corrected chi connectivity index (χ0v) is 10.0. The Morgan fingerprint density at radius 2 is 2.13 bits per heavy atom. The summed E-state index contributed by atoms with van der Waals surface area (Å²) >= 11 is 1.99. The lowest BCUT2D eigenvalue weighted by Crippen LogP contribution is -2.24. The van der Waals surface area contributed by atoms with Gasteiger partial charge in [-0.3, -0.25) is 9.36 Å². The van der Waals surface area contributed by atoms with Crippen molar-refractivity contribution >= 4 is 22.6 Å². The fourth-order valence-electron chi connectivity index (χ4n) is 1.23. The third-order valence-corrected chi connectivity index (χ3v) is 2.76. The van der Waals surface area contributed by atoms with Crippen LogP contribution in [0.5, 0.6) is 0 Å². The van der Waals surface area contributed by atoms with Crippen molar-refractivity contribution in [1.82, 2.24) is 19.1 Å². The number of hydrogen-bond acceptors (Lipinski definition) is 3. The molecule has 78 valence electrons. The molecule has 0 atom stereocenters. The molecule has 0 fully saturated rings. The smallest absolute Gasteiger partial charge is 0.266 e. The molecule has 2 aromatic rings. The zero-order valence-electron chi connectivity index (χ0n) is 7.88. The van der Waals surface area contributed by atoms with Gasteiger partial charge in [0.15, 0.2) is 0 Å². The van der Waals surface area contributed by atoms with E-state index in [1.807, 2.05) is 33.4 Å². The molecular weight excluding hydrogens is 307 g/mol. The molecule has 0 aliphatic carbocycles. The van der Waals surface area contributed by atoms with E-state index in [2.05, 4.69) is 9.97 Å². The Labute approximate surface area is 99.9 Å². The molecule has 0 saturated heterocycles. The van der Waals surface area contributed by atoms with Crippen molar-refractivity contribution in [1.29, 1.82) is 0 Å². The lowest BCUT2D eigenvalue weighted by molar-refractivity contribution is 0.556. The number of nitrogens with zero attached hydrogens (tertiary/aromatic N) is 4. The van der Waals surface area contributed by atoms with Gasteiger partial charge in [0.1, 0.15) is 0 Å². The van der Waals surface area contributed by atoms with Gasteiger partial charge >= 0.3 is 0 Å². The van der Waals surface area contributed by atoms with Crippen LogP contribution in [-0.4, -0.2) is 19.1 Å². The monoisotopic (exact) mass is 316 g/mol. The van der Waals surface area contributed by atoms with Gasteiger partial charge in [0.2, 0.25) is 0 Å². The van der Waals surface area contributed by atoms with E-state index in [9.17, 15) is 4.79 Å². The van der Waals surface area contributed by atoms with E-state index in [4.69, 9.17) is 0 Å². The summed E-state index contributed by atoms with van der Waals surface area (Å²) in [7, 11) is 0. The van der Waals surface area contributed by atoms with Crippen molar-refractivity contribution in [3.63, 3.8) is 0 Å². The van der Waals surface area contributed by atoms with E-state index < -0.39 is 0 Å². The van der Waals surface area contributed by atoms with E-state index in [1.54, 1.807) is 29.6 Å². The minimum absolute atomic E-state index is 0.00529. The topological polar surface area (TPSA) is 52.7 Å². The van der Waals surface area contributed by atoms with Crippen LogP contribution in [0.3, 0.4) is 0 Å². The largest absolute Gasteiger partial charge is 0.336 e. The van der Waals surface area contributed by atoms with Crippen LogP contribution in [0.15, 0.2) is 36.0 Å². The predicted molar refractivity (Wildman–Crippen MR) is 63.4 cm³/mol. The van der Waals surface area contributed by atoms with Crippen molar-refractivity contribution in [2.45, 2.75) is 13.1 Å². The average Bonchev–Trinajstić information content (AvgIpc) is 2.73. The van der Waals surface area contributed by atoms with Gasteiger partial charge in [-0.25, -0.2) is 9.97 Å². The molecular formula is C9H9IN4O. The summed E-state index contributed by atoms with van der Waals surface area (Å²) in [6.45, 7) is 1.33. The Morgan fingerprint density at radius 3 is 2.87 bits per heavy atom. The summed E-state index contributed by atoms with van der Waals surface area (Å²) in [4.78, 5) is 19.5. The molecule has 0 bridgehead atoms. The molecule has 0 radical (unpaired) electrons. The second-order valence-electron chi connectivity index (χ2n) is 3.04. The molecule has 0 amide bonds. The second-order valence-corrected chi connectivity index (χ2v) is 4.20. The van der Waals surface area contributed by atoms with Gasteiger partial charge in [-0.05, 0) is 22.6 Å². The minimum Gasteiger partial charge on any atom is -0.336 e. The first-order chi connectivity index (χ1) is 7.27. The average molecular weight is 316 g/mol. The number of aromatic nitrogens is 4. The number of hydrogen-bond donors (Lipinski definition) is 0. The highest BCUT2D eigenvalue weighted by Gasteiger charge is 2.00. The molecule has 0 aliphatic heterocycles. The van der Waals surface area contributed by atoms with Gasteiger partial charge in [0.05, 0.1) is 16.2 Å². The number of halogens is 1. The Hall–Kier alpha value is -1.18. The van der Waals surface area contributed by atoms with Gasteiger partial charge in [-0.15, -0.1) is 0 Å².